The molecule has 0 spiro atoms. The van der Waals surface area contributed by atoms with Gasteiger partial charge in [-0.3, -0.25) is 0 Å². The van der Waals surface area contributed by atoms with Gasteiger partial charge in [-0.25, -0.2) is 13.2 Å². The predicted molar refractivity (Wildman–Crippen MR) is 85.7 cm³/mol. The van der Waals surface area contributed by atoms with Gasteiger partial charge >= 0.3 is 0 Å². The van der Waals surface area contributed by atoms with Crippen molar-refractivity contribution in [2.75, 3.05) is 0 Å². The number of rotatable bonds is 2. The van der Waals surface area contributed by atoms with E-state index in [2.05, 4.69) is 13.8 Å². The summed E-state index contributed by atoms with van der Waals surface area (Å²) in [6.45, 7) is 9.87. The van der Waals surface area contributed by atoms with E-state index in [-0.39, 0.29) is 11.7 Å². The summed E-state index contributed by atoms with van der Waals surface area (Å²) in [5.74, 6) is -0.945. The molecule has 0 atom stereocenters. The maximum absolute atomic E-state index is 12.8. The van der Waals surface area contributed by atoms with Gasteiger partial charge in [0.1, 0.15) is 5.82 Å². The molecule has 0 aliphatic heterocycles. The van der Waals surface area contributed by atoms with Gasteiger partial charge in [-0.2, -0.15) is 0 Å². The highest BCUT2D eigenvalue weighted by Gasteiger charge is 2.04. The summed E-state index contributed by atoms with van der Waals surface area (Å²) in [6.07, 6.45) is 0. The first kappa shape index (κ1) is 18.3. The van der Waals surface area contributed by atoms with Crippen LogP contribution in [0.1, 0.15) is 56.2 Å². The van der Waals surface area contributed by atoms with Crippen LogP contribution in [0.25, 0.3) is 0 Å². The van der Waals surface area contributed by atoms with E-state index in [9.17, 15) is 13.2 Å². The second kappa shape index (κ2) is 8.02. The van der Waals surface area contributed by atoms with Gasteiger partial charge in [0.15, 0.2) is 11.6 Å². The van der Waals surface area contributed by atoms with Gasteiger partial charge in [-0.15, -0.1) is 0 Å². The third kappa shape index (κ3) is 5.21. The topological polar surface area (TPSA) is 0 Å². The van der Waals surface area contributed by atoms with E-state index >= 15 is 0 Å². The van der Waals surface area contributed by atoms with E-state index in [1.165, 1.54) is 17.7 Å². The van der Waals surface area contributed by atoms with Crippen LogP contribution in [0.15, 0.2) is 36.4 Å². The van der Waals surface area contributed by atoms with Crippen LogP contribution in [-0.4, -0.2) is 0 Å². The molecule has 0 bridgehead atoms. The Morgan fingerprint density at radius 2 is 1.09 bits per heavy atom. The Balaban J connectivity index is 0.000000220. The van der Waals surface area contributed by atoms with Crippen LogP contribution in [0.3, 0.4) is 0 Å². The second-order valence-corrected chi connectivity index (χ2v) is 5.99. The van der Waals surface area contributed by atoms with Crippen molar-refractivity contribution in [1.82, 2.24) is 0 Å². The second-order valence-electron chi connectivity index (χ2n) is 5.99. The molecule has 0 N–H and O–H groups in total. The highest BCUT2D eigenvalue weighted by Crippen LogP contribution is 2.17. The highest BCUT2D eigenvalue weighted by atomic mass is 19.2. The Morgan fingerprint density at radius 1 is 0.636 bits per heavy atom. The zero-order chi connectivity index (χ0) is 16.9. The van der Waals surface area contributed by atoms with Gasteiger partial charge < -0.3 is 0 Å². The maximum atomic E-state index is 12.8. The van der Waals surface area contributed by atoms with E-state index in [0.717, 1.165) is 17.2 Å². The van der Waals surface area contributed by atoms with E-state index in [4.69, 9.17) is 0 Å². The van der Waals surface area contributed by atoms with Gasteiger partial charge in [-0.1, -0.05) is 45.9 Å². The zero-order valence-corrected chi connectivity index (χ0v) is 13.8. The Kier molecular flexibility index (Phi) is 6.66. The van der Waals surface area contributed by atoms with Crippen LogP contribution >= 0.6 is 0 Å². The minimum atomic E-state index is -0.783. The van der Waals surface area contributed by atoms with Crippen molar-refractivity contribution in [2.24, 2.45) is 0 Å². The average Bonchev–Trinajstić information content (AvgIpc) is 2.45. The van der Waals surface area contributed by atoms with E-state index in [1.54, 1.807) is 13.0 Å². The normalized spacial score (nSPS) is 10.6. The maximum Gasteiger partial charge on any atom is 0.159 e. The molecule has 3 heteroatoms. The minimum absolute atomic E-state index is 0.116. The Labute approximate surface area is 131 Å². The number of halogens is 3. The summed E-state index contributed by atoms with van der Waals surface area (Å²) in [5.41, 5.74) is 2.75. The Hall–Kier alpha value is -1.77. The summed E-state index contributed by atoms with van der Waals surface area (Å²) in [4.78, 5) is 0. The monoisotopic (exact) mass is 308 g/mol. The summed E-state index contributed by atoms with van der Waals surface area (Å²) < 4.78 is 37.7. The number of hydrogen-bond donors (Lipinski definition) is 0. The van der Waals surface area contributed by atoms with Crippen molar-refractivity contribution in [3.8, 4) is 0 Å². The van der Waals surface area contributed by atoms with Crippen molar-refractivity contribution in [1.29, 1.82) is 0 Å². The molecule has 0 radical (unpaired) electrons. The fraction of sp³-hybridized carbons (Fsp3) is 0.368. The molecule has 0 aromatic heterocycles. The quantitative estimate of drug-likeness (QED) is 0.606. The summed E-state index contributed by atoms with van der Waals surface area (Å²) in [7, 11) is 0. The molecule has 120 valence electrons. The van der Waals surface area contributed by atoms with Crippen molar-refractivity contribution in [3.63, 3.8) is 0 Å². The Morgan fingerprint density at radius 3 is 1.50 bits per heavy atom. The first-order chi connectivity index (χ1) is 10.2. The summed E-state index contributed by atoms with van der Waals surface area (Å²) in [5, 5.41) is 0. The SMILES string of the molecule is CC(C)c1ccc(F)c(F)c1.Cc1cc(C(C)C)ccc1F. The molecule has 0 saturated heterocycles. The van der Waals surface area contributed by atoms with Crippen molar-refractivity contribution >= 4 is 0 Å². The molecule has 0 aliphatic carbocycles. The van der Waals surface area contributed by atoms with Gasteiger partial charge in [0.2, 0.25) is 0 Å². The third-order valence-electron chi connectivity index (χ3n) is 3.46. The first-order valence-electron chi connectivity index (χ1n) is 7.43. The lowest BCUT2D eigenvalue weighted by molar-refractivity contribution is 0.506. The van der Waals surface area contributed by atoms with E-state index in [1.807, 2.05) is 26.0 Å². The lowest BCUT2D eigenvalue weighted by Gasteiger charge is -2.05. The molecule has 22 heavy (non-hydrogen) atoms. The van der Waals surface area contributed by atoms with Gasteiger partial charge in [0.05, 0.1) is 0 Å². The lowest BCUT2D eigenvalue weighted by atomic mass is 10.0. The van der Waals surface area contributed by atoms with Crippen molar-refractivity contribution in [3.05, 3.63) is 70.5 Å². The molecule has 0 saturated carbocycles. The highest BCUT2D eigenvalue weighted by molar-refractivity contribution is 5.25. The van der Waals surface area contributed by atoms with E-state index < -0.39 is 11.6 Å². The van der Waals surface area contributed by atoms with Gasteiger partial charge in [0, 0.05) is 0 Å². The smallest absolute Gasteiger partial charge is 0.159 e. The molecule has 0 heterocycles. The van der Waals surface area contributed by atoms with Crippen LogP contribution in [0.2, 0.25) is 0 Å². The van der Waals surface area contributed by atoms with Crippen LogP contribution in [-0.2, 0) is 0 Å². The lowest BCUT2D eigenvalue weighted by Crippen LogP contribution is -1.90. The molecule has 2 aromatic rings. The van der Waals surface area contributed by atoms with Crippen molar-refractivity contribution < 1.29 is 13.2 Å². The largest absolute Gasteiger partial charge is 0.207 e. The fourth-order valence-electron chi connectivity index (χ4n) is 1.90. The number of benzene rings is 2. The molecule has 2 rings (SSSR count). The van der Waals surface area contributed by atoms with Crippen molar-refractivity contribution in [2.45, 2.75) is 46.5 Å². The van der Waals surface area contributed by atoms with Gasteiger partial charge in [-0.05, 0) is 53.6 Å². The van der Waals surface area contributed by atoms with Gasteiger partial charge in [0.25, 0.3) is 0 Å². The molecule has 0 fully saturated rings. The number of hydrogen-bond acceptors (Lipinski definition) is 0. The van der Waals surface area contributed by atoms with Crippen LogP contribution in [0.5, 0.6) is 0 Å². The molecule has 0 aliphatic rings. The van der Waals surface area contributed by atoms with E-state index in [0.29, 0.717) is 5.92 Å². The van der Waals surface area contributed by atoms with Crippen LogP contribution in [0.4, 0.5) is 13.2 Å². The number of aryl methyl sites for hydroxylation is 1. The zero-order valence-electron chi connectivity index (χ0n) is 13.8. The molecule has 2 aromatic carbocycles. The average molecular weight is 308 g/mol. The molecule has 0 unspecified atom stereocenters. The first-order valence-corrected chi connectivity index (χ1v) is 7.43. The summed E-state index contributed by atoms with van der Waals surface area (Å²) >= 11 is 0. The molecular formula is C19H23F3. The van der Waals surface area contributed by atoms with Crippen LogP contribution < -0.4 is 0 Å². The standard InChI is InChI=1S/C10H13F.C9H10F2/c1-7(2)9-4-5-10(11)8(3)6-9;1-6(2)7-3-4-8(10)9(11)5-7/h4-7H,1-3H3;3-6H,1-2H3. The summed E-state index contributed by atoms with van der Waals surface area (Å²) in [6, 6.07) is 9.27. The minimum Gasteiger partial charge on any atom is -0.207 e. The predicted octanol–water partition coefficient (Wildman–Crippen LogP) is 6.35. The molecule has 0 amide bonds. The Bertz CT molecular complexity index is 561. The third-order valence-corrected chi connectivity index (χ3v) is 3.46. The molecular weight excluding hydrogens is 285 g/mol. The fourth-order valence-corrected chi connectivity index (χ4v) is 1.90. The molecule has 0 nitrogen and oxygen atoms in total. The van der Waals surface area contributed by atoms with Crippen LogP contribution in [0, 0.1) is 24.4 Å².